The number of halogens is 1. The standard InChI is InChI=1S/C18H21FN4O2/c1-3-21-12-20-8-16(21)10-23-13(2)18(25)22(11-17(23)24)9-14-5-4-6-15(19)7-14/h4-8,12-13H,3,9-11H2,1-2H3/t13-/m0/s1. The molecular formula is C18H21FN4O2. The van der Waals surface area contributed by atoms with Crippen molar-refractivity contribution in [2.45, 2.75) is 39.5 Å². The van der Waals surface area contributed by atoms with Gasteiger partial charge in [0, 0.05) is 19.3 Å². The molecule has 0 N–H and O–H groups in total. The normalized spacial score (nSPS) is 18.1. The number of benzene rings is 1. The van der Waals surface area contributed by atoms with E-state index in [4.69, 9.17) is 0 Å². The SMILES string of the molecule is CCn1cncc1CN1C(=O)CN(Cc2cccc(F)c2)C(=O)[C@@H]1C. The number of piperazine rings is 1. The molecule has 0 saturated carbocycles. The van der Waals surface area contributed by atoms with Crippen LogP contribution in [0.4, 0.5) is 4.39 Å². The fourth-order valence-corrected chi connectivity index (χ4v) is 3.10. The van der Waals surface area contributed by atoms with Crippen LogP contribution in [0.3, 0.4) is 0 Å². The summed E-state index contributed by atoms with van der Waals surface area (Å²) < 4.78 is 15.3. The van der Waals surface area contributed by atoms with Crippen molar-refractivity contribution in [3.8, 4) is 0 Å². The van der Waals surface area contributed by atoms with Gasteiger partial charge in [-0.2, -0.15) is 0 Å². The van der Waals surface area contributed by atoms with E-state index in [1.165, 1.54) is 17.0 Å². The number of carbonyl (C=O) groups is 2. The molecule has 1 aromatic carbocycles. The third-order valence-electron chi connectivity index (χ3n) is 4.52. The molecule has 1 aromatic heterocycles. The third kappa shape index (κ3) is 3.55. The van der Waals surface area contributed by atoms with Gasteiger partial charge in [0.15, 0.2) is 0 Å². The number of aromatic nitrogens is 2. The molecule has 1 saturated heterocycles. The van der Waals surface area contributed by atoms with E-state index in [0.29, 0.717) is 12.1 Å². The van der Waals surface area contributed by atoms with Crippen molar-refractivity contribution in [1.29, 1.82) is 0 Å². The van der Waals surface area contributed by atoms with E-state index < -0.39 is 6.04 Å². The Hall–Kier alpha value is -2.70. The van der Waals surface area contributed by atoms with Gasteiger partial charge < -0.3 is 14.4 Å². The van der Waals surface area contributed by atoms with Crippen LogP contribution in [0, 0.1) is 5.82 Å². The maximum absolute atomic E-state index is 13.3. The summed E-state index contributed by atoms with van der Waals surface area (Å²) in [7, 11) is 0. The maximum atomic E-state index is 13.3. The van der Waals surface area contributed by atoms with E-state index in [0.717, 1.165) is 12.2 Å². The largest absolute Gasteiger partial charge is 0.333 e. The number of hydrogen-bond donors (Lipinski definition) is 0. The van der Waals surface area contributed by atoms with Gasteiger partial charge in [0.2, 0.25) is 11.8 Å². The van der Waals surface area contributed by atoms with E-state index in [1.807, 2.05) is 11.5 Å². The molecule has 0 spiro atoms. The number of rotatable bonds is 5. The Morgan fingerprint density at radius 2 is 2.08 bits per heavy atom. The lowest BCUT2D eigenvalue weighted by molar-refractivity contribution is -0.156. The van der Waals surface area contributed by atoms with Crippen LogP contribution in [0.5, 0.6) is 0 Å². The molecule has 7 heteroatoms. The van der Waals surface area contributed by atoms with E-state index in [9.17, 15) is 14.0 Å². The van der Waals surface area contributed by atoms with Crippen LogP contribution in [0.25, 0.3) is 0 Å². The molecule has 1 fully saturated rings. The van der Waals surface area contributed by atoms with Crippen LogP contribution in [-0.2, 0) is 29.2 Å². The van der Waals surface area contributed by atoms with E-state index in [-0.39, 0.29) is 30.7 Å². The molecule has 0 radical (unpaired) electrons. The molecule has 132 valence electrons. The van der Waals surface area contributed by atoms with Crippen molar-refractivity contribution >= 4 is 11.8 Å². The van der Waals surface area contributed by atoms with Gasteiger partial charge in [-0.1, -0.05) is 12.1 Å². The average Bonchev–Trinajstić information content (AvgIpc) is 3.04. The zero-order chi connectivity index (χ0) is 18.0. The zero-order valence-corrected chi connectivity index (χ0v) is 14.4. The molecular weight excluding hydrogens is 323 g/mol. The molecule has 2 amide bonds. The minimum atomic E-state index is -0.560. The highest BCUT2D eigenvalue weighted by molar-refractivity contribution is 5.94. The Kier molecular flexibility index (Phi) is 4.83. The van der Waals surface area contributed by atoms with Gasteiger partial charge in [0.1, 0.15) is 18.4 Å². The summed E-state index contributed by atoms with van der Waals surface area (Å²) in [6, 6.07) is 5.53. The van der Waals surface area contributed by atoms with E-state index in [1.54, 1.807) is 36.5 Å². The minimum absolute atomic E-state index is 0.0000508. The summed E-state index contributed by atoms with van der Waals surface area (Å²) in [6.07, 6.45) is 3.43. The molecule has 2 heterocycles. The van der Waals surface area contributed by atoms with Crippen LogP contribution in [0.1, 0.15) is 25.1 Å². The van der Waals surface area contributed by atoms with Crippen molar-refractivity contribution < 1.29 is 14.0 Å². The summed E-state index contributed by atoms with van der Waals surface area (Å²) in [5.74, 6) is -0.602. The second kappa shape index (κ2) is 7.04. The third-order valence-corrected chi connectivity index (χ3v) is 4.52. The van der Waals surface area contributed by atoms with Gasteiger partial charge in [0.05, 0.1) is 18.6 Å². The van der Waals surface area contributed by atoms with Crippen molar-refractivity contribution in [2.24, 2.45) is 0 Å². The Bertz CT molecular complexity index is 789. The molecule has 0 aliphatic carbocycles. The lowest BCUT2D eigenvalue weighted by Gasteiger charge is -2.38. The van der Waals surface area contributed by atoms with Gasteiger partial charge in [-0.25, -0.2) is 9.37 Å². The molecule has 2 aromatic rings. The summed E-state index contributed by atoms with van der Waals surface area (Å²) in [5, 5.41) is 0. The molecule has 6 nitrogen and oxygen atoms in total. The first-order valence-corrected chi connectivity index (χ1v) is 8.31. The Labute approximate surface area is 145 Å². The lowest BCUT2D eigenvalue weighted by Crippen LogP contribution is -2.58. The Morgan fingerprint density at radius 3 is 2.80 bits per heavy atom. The minimum Gasteiger partial charge on any atom is -0.333 e. The van der Waals surface area contributed by atoms with Gasteiger partial charge in [-0.15, -0.1) is 0 Å². The number of amides is 2. The highest BCUT2D eigenvalue weighted by Crippen LogP contribution is 2.18. The highest BCUT2D eigenvalue weighted by atomic mass is 19.1. The van der Waals surface area contributed by atoms with Crippen LogP contribution in [-0.4, -0.2) is 43.8 Å². The smallest absolute Gasteiger partial charge is 0.245 e. The number of imidazole rings is 1. The predicted octanol–water partition coefficient (Wildman–Crippen LogP) is 1.80. The van der Waals surface area contributed by atoms with Crippen LogP contribution in [0.2, 0.25) is 0 Å². The first-order chi connectivity index (χ1) is 12.0. The second-order valence-corrected chi connectivity index (χ2v) is 6.19. The number of carbonyl (C=O) groups excluding carboxylic acids is 2. The number of nitrogens with zero attached hydrogens (tertiary/aromatic N) is 4. The van der Waals surface area contributed by atoms with Crippen LogP contribution < -0.4 is 0 Å². The summed E-state index contributed by atoms with van der Waals surface area (Å²) in [5.41, 5.74) is 1.57. The van der Waals surface area contributed by atoms with Crippen molar-refractivity contribution in [2.75, 3.05) is 6.54 Å². The first kappa shape index (κ1) is 17.1. The highest BCUT2D eigenvalue weighted by Gasteiger charge is 2.36. The van der Waals surface area contributed by atoms with Crippen LogP contribution >= 0.6 is 0 Å². The van der Waals surface area contributed by atoms with Gasteiger partial charge in [-0.3, -0.25) is 9.59 Å². The predicted molar refractivity (Wildman–Crippen MR) is 89.7 cm³/mol. The fourth-order valence-electron chi connectivity index (χ4n) is 3.10. The van der Waals surface area contributed by atoms with Crippen molar-refractivity contribution in [1.82, 2.24) is 19.4 Å². The maximum Gasteiger partial charge on any atom is 0.245 e. The molecule has 0 bridgehead atoms. The van der Waals surface area contributed by atoms with Gasteiger partial charge in [-0.05, 0) is 31.5 Å². The molecule has 25 heavy (non-hydrogen) atoms. The van der Waals surface area contributed by atoms with Gasteiger partial charge >= 0.3 is 0 Å². The van der Waals surface area contributed by atoms with Crippen LogP contribution in [0.15, 0.2) is 36.8 Å². The van der Waals surface area contributed by atoms with Crippen molar-refractivity contribution in [3.63, 3.8) is 0 Å². The average molecular weight is 344 g/mol. The molecule has 1 aliphatic heterocycles. The van der Waals surface area contributed by atoms with Crippen molar-refractivity contribution in [3.05, 3.63) is 53.9 Å². The lowest BCUT2D eigenvalue weighted by atomic mass is 10.1. The quantitative estimate of drug-likeness (QED) is 0.831. The Balaban J connectivity index is 1.73. The monoisotopic (exact) mass is 344 g/mol. The van der Waals surface area contributed by atoms with Gasteiger partial charge in [0.25, 0.3) is 0 Å². The summed E-state index contributed by atoms with van der Waals surface area (Å²) >= 11 is 0. The summed E-state index contributed by atoms with van der Waals surface area (Å²) in [6.45, 7) is 5.06. The molecule has 1 atom stereocenters. The molecule has 0 unspecified atom stereocenters. The Morgan fingerprint density at radius 1 is 1.28 bits per heavy atom. The number of aryl methyl sites for hydroxylation is 1. The molecule has 1 aliphatic rings. The molecule has 3 rings (SSSR count). The zero-order valence-electron chi connectivity index (χ0n) is 14.4. The second-order valence-electron chi connectivity index (χ2n) is 6.19. The summed E-state index contributed by atoms with van der Waals surface area (Å²) in [4.78, 5) is 32.4. The number of hydrogen-bond acceptors (Lipinski definition) is 3. The first-order valence-electron chi connectivity index (χ1n) is 8.31. The fraction of sp³-hybridized carbons (Fsp3) is 0.389. The topological polar surface area (TPSA) is 58.4 Å². The van der Waals surface area contributed by atoms with E-state index >= 15 is 0 Å². The van der Waals surface area contributed by atoms with E-state index in [2.05, 4.69) is 4.98 Å².